The van der Waals surface area contributed by atoms with E-state index >= 15 is 0 Å². The highest BCUT2D eigenvalue weighted by atomic mass is 79.9. The van der Waals surface area contributed by atoms with E-state index in [0.29, 0.717) is 5.41 Å². The number of benzene rings is 1. The van der Waals surface area contributed by atoms with Crippen molar-refractivity contribution in [1.82, 2.24) is 5.16 Å². The number of halogens is 1. The molecule has 1 spiro atoms. The number of fused-ring (bicyclic) bond motifs is 4. The number of anilines is 1. The van der Waals surface area contributed by atoms with Gasteiger partial charge in [0.1, 0.15) is 0 Å². The van der Waals surface area contributed by atoms with E-state index in [0.717, 1.165) is 27.7 Å². The molecule has 1 heterocycles. The first-order valence-corrected chi connectivity index (χ1v) is 9.13. The van der Waals surface area contributed by atoms with Crippen LogP contribution in [0.4, 0.5) is 5.82 Å². The van der Waals surface area contributed by atoms with Gasteiger partial charge < -0.3 is 9.25 Å². The van der Waals surface area contributed by atoms with Crippen molar-refractivity contribution in [1.29, 1.82) is 0 Å². The van der Waals surface area contributed by atoms with Gasteiger partial charge in [0.2, 0.25) is 0 Å². The maximum Gasteiger partial charge on any atom is 0.183 e. The van der Waals surface area contributed by atoms with Crippen LogP contribution in [0.15, 0.2) is 27.2 Å². The van der Waals surface area contributed by atoms with Gasteiger partial charge in [0.05, 0.1) is 0 Å². The van der Waals surface area contributed by atoms with Gasteiger partial charge in [-0.25, -0.2) is 0 Å². The van der Waals surface area contributed by atoms with Crippen LogP contribution in [0.1, 0.15) is 36.8 Å². The highest BCUT2D eigenvalue weighted by Gasteiger charge is 2.50. The number of hydrogen-bond donors (Lipinski definition) is 1. The second kappa shape index (κ2) is 4.29. The molecule has 0 radical (unpaired) electrons. The Morgan fingerprint density at radius 3 is 2.95 bits per heavy atom. The van der Waals surface area contributed by atoms with Crippen molar-refractivity contribution in [2.24, 2.45) is 0 Å². The molecule has 2 fully saturated rings. The van der Waals surface area contributed by atoms with E-state index in [-0.39, 0.29) is 0 Å². The summed E-state index contributed by atoms with van der Waals surface area (Å²) in [6.45, 7) is 0. The fourth-order valence-corrected chi connectivity index (χ4v) is 4.46. The van der Waals surface area contributed by atoms with Gasteiger partial charge in [-0.15, -0.1) is 0 Å². The van der Waals surface area contributed by atoms with Crippen molar-refractivity contribution in [3.8, 4) is 11.3 Å². The van der Waals surface area contributed by atoms with Gasteiger partial charge in [0.25, 0.3) is 0 Å². The Balaban J connectivity index is 1.60. The van der Waals surface area contributed by atoms with Gasteiger partial charge in [-0.05, 0) is 61.7 Å². The van der Waals surface area contributed by atoms with Crippen LogP contribution in [-0.4, -0.2) is 10.4 Å². The molecule has 21 heavy (non-hydrogen) atoms. The highest BCUT2D eigenvalue weighted by molar-refractivity contribution is 9.10. The van der Waals surface area contributed by atoms with E-state index in [1.807, 2.05) is 0 Å². The minimum absolute atomic E-state index is 0.343. The predicted octanol–water partition coefficient (Wildman–Crippen LogP) is 4.91. The molecule has 0 atom stereocenters. The quantitative estimate of drug-likeness (QED) is 0.786. The molecule has 2 aromatic rings. The van der Waals surface area contributed by atoms with Crippen LogP contribution in [0, 0.1) is 0 Å². The Morgan fingerprint density at radius 2 is 2.19 bits per heavy atom. The van der Waals surface area contributed by atoms with Gasteiger partial charge in [-0.3, -0.25) is 0 Å². The Hall–Kier alpha value is -0.940. The Labute approximate surface area is 136 Å². The van der Waals surface area contributed by atoms with Gasteiger partial charge >= 0.3 is 0 Å². The summed E-state index contributed by atoms with van der Waals surface area (Å²) in [6.07, 6.45) is 6.26. The zero-order valence-corrected chi connectivity index (χ0v) is 13.9. The second-order valence-corrected chi connectivity index (χ2v) is 8.43. The maximum absolute atomic E-state index is 5.70. The summed E-state index contributed by atoms with van der Waals surface area (Å²) in [6, 6.07) is 6.57. The first-order chi connectivity index (χ1) is 10.3. The fraction of sp³-hybridized carbons (Fsp3) is 0.438. The summed E-state index contributed by atoms with van der Waals surface area (Å²) < 4.78 is 10.2. The van der Waals surface area contributed by atoms with Gasteiger partial charge in [0.15, 0.2) is 11.6 Å². The molecule has 3 aliphatic rings. The minimum Gasteiger partial charge on any atom is -0.354 e. The molecule has 1 aromatic carbocycles. The zero-order valence-electron chi connectivity index (χ0n) is 11.5. The molecule has 3 aliphatic carbocycles. The Morgan fingerprint density at radius 1 is 1.33 bits per heavy atom. The standard InChI is InChI=1S/C16H15BrN2OS/c17-9-1-4-13-11(7-9)14-12(8-16(13)5-6-16)15(18-20-14)19-21-10-2-3-10/h1,4,7,10H,2-3,5-6,8H2,(H,18,19). The average Bonchev–Trinajstić information content (AvgIpc) is 3.38. The normalized spacial score (nSPS) is 21.0. The van der Waals surface area contributed by atoms with Gasteiger partial charge in [-0.1, -0.05) is 27.2 Å². The maximum atomic E-state index is 5.70. The first kappa shape index (κ1) is 12.6. The first-order valence-electron chi connectivity index (χ1n) is 7.46. The van der Waals surface area contributed by atoms with Crippen LogP contribution in [0.2, 0.25) is 0 Å². The molecule has 0 bridgehead atoms. The molecule has 3 nitrogen and oxygen atoms in total. The fourth-order valence-electron chi connectivity index (χ4n) is 3.29. The van der Waals surface area contributed by atoms with E-state index in [2.05, 4.69) is 44.0 Å². The lowest BCUT2D eigenvalue weighted by atomic mass is 9.79. The number of nitrogens with one attached hydrogen (secondary N) is 1. The Bertz CT molecular complexity index is 734. The van der Waals surface area contributed by atoms with Crippen LogP contribution in [0.5, 0.6) is 0 Å². The minimum atomic E-state index is 0.343. The number of nitrogens with zero attached hydrogens (tertiary/aromatic N) is 1. The van der Waals surface area contributed by atoms with Crippen molar-refractivity contribution in [3.05, 3.63) is 33.8 Å². The topological polar surface area (TPSA) is 38.1 Å². The monoisotopic (exact) mass is 362 g/mol. The predicted molar refractivity (Wildman–Crippen MR) is 88.5 cm³/mol. The molecule has 0 unspecified atom stereocenters. The van der Waals surface area contributed by atoms with Crippen LogP contribution in [0.3, 0.4) is 0 Å². The van der Waals surface area contributed by atoms with Crippen molar-refractivity contribution in [3.63, 3.8) is 0 Å². The van der Waals surface area contributed by atoms with Crippen molar-refractivity contribution in [2.75, 3.05) is 4.72 Å². The molecule has 5 heteroatoms. The summed E-state index contributed by atoms with van der Waals surface area (Å²) in [4.78, 5) is 0. The summed E-state index contributed by atoms with van der Waals surface area (Å²) in [5.41, 5.74) is 4.28. The molecule has 0 saturated heterocycles. The molecule has 1 aromatic heterocycles. The molecular formula is C16H15BrN2OS. The summed E-state index contributed by atoms with van der Waals surface area (Å²) in [5, 5.41) is 5.06. The van der Waals surface area contributed by atoms with Crippen molar-refractivity contribution >= 4 is 33.7 Å². The number of aromatic nitrogens is 1. The van der Waals surface area contributed by atoms with Crippen LogP contribution in [0.25, 0.3) is 11.3 Å². The Kier molecular flexibility index (Phi) is 2.57. The third kappa shape index (κ3) is 1.97. The molecule has 5 rings (SSSR count). The van der Waals surface area contributed by atoms with Crippen molar-refractivity contribution < 1.29 is 4.52 Å². The van der Waals surface area contributed by atoms with Gasteiger partial charge in [-0.2, -0.15) is 0 Å². The lowest BCUT2D eigenvalue weighted by Crippen LogP contribution is -2.17. The lowest BCUT2D eigenvalue weighted by Gasteiger charge is -2.24. The molecule has 2 saturated carbocycles. The smallest absolute Gasteiger partial charge is 0.183 e. The number of rotatable bonds is 3. The van der Waals surface area contributed by atoms with E-state index in [1.165, 1.54) is 42.4 Å². The third-order valence-corrected chi connectivity index (χ3v) is 6.41. The largest absolute Gasteiger partial charge is 0.354 e. The van der Waals surface area contributed by atoms with Crippen LogP contribution >= 0.6 is 27.9 Å². The van der Waals surface area contributed by atoms with E-state index in [9.17, 15) is 0 Å². The van der Waals surface area contributed by atoms with E-state index in [1.54, 1.807) is 11.9 Å². The average molecular weight is 363 g/mol. The molecule has 0 amide bonds. The SMILES string of the molecule is Brc1ccc2c(c1)-c1onc(NSC3CC3)c1CC21CC1. The lowest BCUT2D eigenvalue weighted by molar-refractivity contribution is 0.432. The van der Waals surface area contributed by atoms with E-state index in [4.69, 9.17) is 4.52 Å². The summed E-state index contributed by atoms with van der Waals surface area (Å²) >= 11 is 5.38. The zero-order chi connectivity index (χ0) is 14.0. The molecule has 108 valence electrons. The molecular weight excluding hydrogens is 348 g/mol. The highest BCUT2D eigenvalue weighted by Crippen LogP contribution is 2.58. The summed E-state index contributed by atoms with van der Waals surface area (Å²) in [5.74, 6) is 1.90. The van der Waals surface area contributed by atoms with Crippen LogP contribution in [-0.2, 0) is 11.8 Å². The molecule has 1 N–H and O–H groups in total. The van der Waals surface area contributed by atoms with Crippen molar-refractivity contribution in [2.45, 2.75) is 42.8 Å². The van der Waals surface area contributed by atoms with Gasteiger partial charge in [0, 0.05) is 26.3 Å². The third-order valence-electron chi connectivity index (χ3n) is 4.80. The molecule has 0 aliphatic heterocycles. The number of hydrogen-bond acceptors (Lipinski definition) is 4. The van der Waals surface area contributed by atoms with Crippen LogP contribution < -0.4 is 4.72 Å². The second-order valence-electron chi connectivity index (χ2n) is 6.41. The van der Waals surface area contributed by atoms with E-state index < -0.39 is 0 Å². The summed E-state index contributed by atoms with van der Waals surface area (Å²) in [7, 11) is 0.